The molecule has 0 aromatic carbocycles. The van der Waals surface area contributed by atoms with E-state index in [-0.39, 0.29) is 12.8 Å². The molecule has 0 N–H and O–H groups in total. The summed E-state index contributed by atoms with van der Waals surface area (Å²) >= 11 is 5.70. The summed E-state index contributed by atoms with van der Waals surface area (Å²) in [5.41, 5.74) is 1.37. The number of nitriles is 2. The second-order valence-electron chi connectivity index (χ2n) is 2.43. The molecule has 1 aromatic rings. The fourth-order valence-corrected chi connectivity index (χ4v) is 1.16. The van der Waals surface area contributed by atoms with Crippen LogP contribution in [0.4, 0.5) is 0 Å². The number of aromatic nitrogens is 1. The van der Waals surface area contributed by atoms with Crippen LogP contribution in [0.1, 0.15) is 11.3 Å². The number of hydrogen-bond donors (Lipinski definition) is 0. The van der Waals surface area contributed by atoms with Gasteiger partial charge in [-0.1, -0.05) is 11.6 Å². The van der Waals surface area contributed by atoms with Crippen molar-refractivity contribution in [2.45, 2.75) is 12.8 Å². The standard InChI is InChI=1S/C9H6ClN3/c10-8-5-7(1-3-11)9(2-4-12)13-6-8/h5-6H,1-2H2. The van der Waals surface area contributed by atoms with Gasteiger partial charge in [0.2, 0.25) is 0 Å². The minimum absolute atomic E-state index is 0.216. The molecule has 0 bridgehead atoms. The first-order chi connectivity index (χ1) is 6.27. The van der Waals surface area contributed by atoms with Crippen molar-refractivity contribution >= 4 is 11.6 Å². The van der Waals surface area contributed by atoms with Crippen molar-refractivity contribution in [3.63, 3.8) is 0 Å². The van der Waals surface area contributed by atoms with Crippen LogP contribution in [0.5, 0.6) is 0 Å². The molecule has 0 radical (unpaired) electrons. The van der Waals surface area contributed by atoms with Crippen molar-refractivity contribution in [2.75, 3.05) is 0 Å². The Morgan fingerprint density at radius 1 is 1.31 bits per heavy atom. The van der Waals surface area contributed by atoms with E-state index in [4.69, 9.17) is 22.1 Å². The quantitative estimate of drug-likeness (QED) is 0.717. The SMILES string of the molecule is N#CCc1cc(Cl)cnc1CC#N. The summed E-state index contributed by atoms with van der Waals surface area (Å²) in [7, 11) is 0. The zero-order valence-corrected chi connectivity index (χ0v) is 7.54. The molecule has 0 saturated heterocycles. The van der Waals surface area contributed by atoms with Crippen molar-refractivity contribution in [3.8, 4) is 12.1 Å². The first kappa shape index (κ1) is 9.51. The van der Waals surface area contributed by atoms with Crippen molar-refractivity contribution in [2.24, 2.45) is 0 Å². The molecule has 0 spiro atoms. The van der Waals surface area contributed by atoms with Crippen LogP contribution >= 0.6 is 11.6 Å². The molecule has 1 aromatic heterocycles. The highest BCUT2D eigenvalue weighted by molar-refractivity contribution is 6.30. The average molecular weight is 192 g/mol. The Kier molecular flexibility index (Phi) is 3.25. The monoisotopic (exact) mass is 191 g/mol. The maximum Gasteiger partial charge on any atom is 0.0777 e. The van der Waals surface area contributed by atoms with E-state index >= 15 is 0 Å². The Labute approximate surface area is 81.2 Å². The molecule has 0 atom stereocenters. The highest BCUT2D eigenvalue weighted by atomic mass is 35.5. The Hall–Kier alpha value is -1.58. The van der Waals surface area contributed by atoms with Gasteiger partial charge < -0.3 is 0 Å². The predicted molar refractivity (Wildman–Crippen MR) is 47.9 cm³/mol. The average Bonchev–Trinajstić information content (AvgIpc) is 2.10. The first-order valence-corrected chi connectivity index (χ1v) is 4.03. The molecule has 1 rings (SSSR count). The third kappa shape index (κ3) is 2.43. The fourth-order valence-electron chi connectivity index (χ4n) is 0.982. The first-order valence-electron chi connectivity index (χ1n) is 3.65. The summed E-state index contributed by atoms with van der Waals surface area (Å²) in [5.74, 6) is 0. The molecule has 0 amide bonds. The van der Waals surface area contributed by atoms with E-state index in [2.05, 4.69) is 4.98 Å². The molecule has 1 heterocycles. The molecular weight excluding hydrogens is 186 g/mol. The van der Waals surface area contributed by atoms with Crippen molar-refractivity contribution in [1.82, 2.24) is 4.98 Å². The maximum atomic E-state index is 8.50. The van der Waals surface area contributed by atoms with Crippen LogP contribution in [0.2, 0.25) is 5.02 Å². The van der Waals surface area contributed by atoms with E-state index in [0.717, 1.165) is 5.56 Å². The van der Waals surface area contributed by atoms with Crippen LogP contribution in [0, 0.1) is 22.7 Å². The molecule has 0 aliphatic heterocycles. The molecule has 0 fully saturated rings. The van der Waals surface area contributed by atoms with Gasteiger partial charge in [-0.3, -0.25) is 4.98 Å². The second kappa shape index (κ2) is 4.45. The van der Waals surface area contributed by atoms with Crippen LogP contribution < -0.4 is 0 Å². The normalized spacial score (nSPS) is 8.85. The molecule has 3 nitrogen and oxygen atoms in total. The Bertz CT molecular complexity index is 387. The van der Waals surface area contributed by atoms with Gasteiger partial charge >= 0.3 is 0 Å². The summed E-state index contributed by atoms with van der Waals surface area (Å²) in [6.07, 6.45) is 1.94. The molecule has 0 aliphatic carbocycles. The summed E-state index contributed by atoms with van der Waals surface area (Å²) in [6.45, 7) is 0. The van der Waals surface area contributed by atoms with Crippen molar-refractivity contribution in [1.29, 1.82) is 10.5 Å². The molecule has 0 aliphatic rings. The van der Waals surface area contributed by atoms with Crippen molar-refractivity contribution < 1.29 is 0 Å². The summed E-state index contributed by atoms with van der Waals surface area (Å²) in [6, 6.07) is 5.66. The molecular formula is C9H6ClN3. The zero-order valence-electron chi connectivity index (χ0n) is 6.79. The smallest absolute Gasteiger partial charge is 0.0777 e. The molecule has 0 saturated carbocycles. The van der Waals surface area contributed by atoms with Gasteiger partial charge in [0.1, 0.15) is 0 Å². The van der Waals surface area contributed by atoms with Gasteiger partial charge in [0.25, 0.3) is 0 Å². The third-order valence-corrected chi connectivity index (χ3v) is 1.75. The van der Waals surface area contributed by atoms with Crippen LogP contribution in [0.25, 0.3) is 0 Å². The number of rotatable bonds is 2. The van der Waals surface area contributed by atoms with Gasteiger partial charge in [0, 0.05) is 6.20 Å². The predicted octanol–water partition coefficient (Wildman–Crippen LogP) is 1.87. The van der Waals surface area contributed by atoms with Gasteiger partial charge in [-0.05, 0) is 11.6 Å². The number of halogens is 1. The van der Waals surface area contributed by atoms with E-state index in [1.54, 1.807) is 6.07 Å². The van der Waals surface area contributed by atoms with E-state index < -0.39 is 0 Å². The molecule has 4 heteroatoms. The van der Waals surface area contributed by atoms with E-state index in [1.165, 1.54) is 6.20 Å². The minimum Gasteiger partial charge on any atom is -0.258 e. The lowest BCUT2D eigenvalue weighted by Gasteiger charge is -2.01. The Morgan fingerprint density at radius 3 is 2.62 bits per heavy atom. The van der Waals surface area contributed by atoms with Gasteiger partial charge in [0.05, 0.1) is 35.7 Å². The van der Waals surface area contributed by atoms with Crippen molar-refractivity contribution in [3.05, 3.63) is 28.5 Å². The fraction of sp³-hybridized carbons (Fsp3) is 0.222. The lowest BCUT2D eigenvalue weighted by atomic mass is 10.1. The molecule has 0 unspecified atom stereocenters. The van der Waals surface area contributed by atoms with Gasteiger partial charge in [-0.25, -0.2) is 0 Å². The van der Waals surface area contributed by atoms with Crippen LogP contribution in [0.15, 0.2) is 12.3 Å². The van der Waals surface area contributed by atoms with E-state index in [9.17, 15) is 0 Å². The largest absolute Gasteiger partial charge is 0.258 e. The highest BCUT2D eigenvalue weighted by Gasteiger charge is 2.03. The number of nitrogens with zero attached hydrogens (tertiary/aromatic N) is 3. The molecule has 13 heavy (non-hydrogen) atoms. The van der Waals surface area contributed by atoms with Crippen LogP contribution in [-0.4, -0.2) is 4.98 Å². The van der Waals surface area contributed by atoms with Crippen LogP contribution in [-0.2, 0) is 12.8 Å². The summed E-state index contributed by atoms with van der Waals surface area (Å²) < 4.78 is 0. The Morgan fingerprint density at radius 2 is 2.00 bits per heavy atom. The maximum absolute atomic E-state index is 8.50. The minimum atomic E-state index is 0.216. The number of hydrogen-bond acceptors (Lipinski definition) is 3. The van der Waals surface area contributed by atoms with Gasteiger partial charge in [-0.15, -0.1) is 0 Å². The topological polar surface area (TPSA) is 60.5 Å². The Balaban J connectivity index is 3.06. The molecule has 64 valence electrons. The van der Waals surface area contributed by atoms with E-state index in [0.29, 0.717) is 10.7 Å². The zero-order chi connectivity index (χ0) is 9.68. The van der Waals surface area contributed by atoms with Gasteiger partial charge in [0.15, 0.2) is 0 Å². The second-order valence-corrected chi connectivity index (χ2v) is 2.87. The number of pyridine rings is 1. The van der Waals surface area contributed by atoms with Crippen LogP contribution in [0.3, 0.4) is 0 Å². The van der Waals surface area contributed by atoms with Gasteiger partial charge in [-0.2, -0.15) is 10.5 Å². The summed E-state index contributed by atoms with van der Waals surface area (Å²) in [4.78, 5) is 3.98. The summed E-state index contributed by atoms with van der Waals surface area (Å²) in [5, 5.41) is 17.5. The third-order valence-electron chi connectivity index (χ3n) is 1.54. The highest BCUT2D eigenvalue weighted by Crippen LogP contribution is 2.13. The lowest BCUT2D eigenvalue weighted by molar-refractivity contribution is 1.05. The lowest BCUT2D eigenvalue weighted by Crippen LogP contribution is -1.95. The van der Waals surface area contributed by atoms with E-state index in [1.807, 2.05) is 12.1 Å².